The normalized spacial score (nSPS) is 13.5. The van der Waals surface area contributed by atoms with Crippen molar-refractivity contribution in [1.29, 1.82) is 0 Å². The summed E-state index contributed by atoms with van der Waals surface area (Å²) in [6.07, 6.45) is 36.4. The van der Waals surface area contributed by atoms with E-state index >= 15 is 0 Å². The third-order valence-corrected chi connectivity index (χ3v) is 8.60. The highest BCUT2D eigenvalue weighted by Gasteiger charge is 2.25. The van der Waals surface area contributed by atoms with Crippen molar-refractivity contribution in [3.8, 4) is 0 Å². The quantitative estimate of drug-likeness (QED) is 0.0358. The highest BCUT2D eigenvalue weighted by molar-refractivity contribution is 7.47. The first kappa shape index (κ1) is 39.8. The lowest BCUT2D eigenvalue weighted by Crippen LogP contribution is -2.26. The van der Waals surface area contributed by atoms with Crippen molar-refractivity contribution in [3.05, 3.63) is 12.2 Å². The Hall–Kier alpha value is -0.190. The number of hydroxylamine groups is 2. The minimum absolute atomic E-state index is 0.289. The Kier molecular flexibility index (Phi) is 31.6. The second-order valence-corrected chi connectivity index (χ2v) is 13.1. The molecule has 0 aromatic carbocycles. The molecule has 0 radical (unpaired) electrons. The molecule has 0 fully saturated rings. The van der Waals surface area contributed by atoms with Gasteiger partial charge in [-0.25, -0.2) is 4.57 Å². The topological polar surface area (TPSA) is 59.0 Å². The molecule has 0 spiro atoms. The molecule has 0 saturated heterocycles. The summed E-state index contributed by atoms with van der Waals surface area (Å²) in [5.74, 6) is 0. The van der Waals surface area contributed by atoms with Crippen LogP contribution in [0, 0.1) is 0 Å². The van der Waals surface area contributed by atoms with Gasteiger partial charge in [-0.15, -0.1) is 0 Å². The van der Waals surface area contributed by atoms with Crippen molar-refractivity contribution in [2.45, 2.75) is 188 Å². The molecule has 0 aliphatic rings. The highest BCUT2D eigenvalue weighted by atomic mass is 31.2. The van der Waals surface area contributed by atoms with E-state index in [4.69, 9.17) is 9.15 Å². The maximum atomic E-state index is 12.6. The third kappa shape index (κ3) is 30.8. The van der Waals surface area contributed by atoms with Crippen molar-refractivity contribution >= 4 is 7.82 Å². The van der Waals surface area contributed by atoms with E-state index in [2.05, 4.69) is 32.9 Å². The van der Waals surface area contributed by atoms with Crippen LogP contribution in [0.1, 0.15) is 188 Å². The fraction of sp³-hybridized carbons (Fsp3) is 0.941. The fourth-order valence-corrected chi connectivity index (χ4v) is 5.89. The Labute approximate surface area is 250 Å². The molecule has 6 heteroatoms. The van der Waals surface area contributed by atoms with Crippen molar-refractivity contribution in [2.24, 2.45) is 0 Å². The van der Waals surface area contributed by atoms with Crippen LogP contribution in [0.4, 0.5) is 0 Å². The van der Waals surface area contributed by atoms with Crippen molar-refractivity contribution in [2.75, 3.05) is 19.7 Å². The molecule has 240 valence electrons. The van der Waals surface area contributed by atoms with E-state index in [1.165, 1.54) is 122 Å². The standard InChI is InChI=1S/C34H70NO4P/c1-4-7-10-13-16-17-18-19-20-21-22-23-24-25-28-31-34-38-40(36,37)39-35(32-29-26-14-11-8-5-2)33-30-27-15-12-9-6-3/h19-20H,4-18,21-34H2,1-3H3,(H,36,37)/b20-19-. The van der Waals surface area contributed by atoms with Gasteiger partial charge in [0.05, 0.1) is 6.61 Å². The van der Waals surface area contributed by atoms with Crippen LogP contribution in [-0.2, 0) is 13.7 Å². The summed E-state index contributed by atoms with van der Waals surface area (Å²) < 4.78 is 23.5. The van der Waals surface area contributed by atoms with Crippen LogP contribution < -0.4 is 0 Å². The molecule has 40 heavy (non-hydrogen) atoms. The summed E-state index contributed by atoms with van der Waals surface area (Å²) in [5, 5.41) is 1.71. The van der Waals surface area contributed by atoms with E-state index in [1.54, 1.807) is 5.06 Å². The summed E-state index contributed by atoms with van der Waals surface area (Å²) in [6, 6.07) is 0. The van der Waals surface area contributed by atoms with Crippen molar-refractivity contribution in [3.63, 3.8) is 0 Å². The molecular weight excluding hydrogens is 517 g/mol. The van der Waals surface area contributed by atoms with Crippen LogP contribution >= 0.6 is 7.82 Å². The minimum Gasteiger partial charge on any atom is -0.301 e. The lowest BCUT2D eigenvalue weighted by Gasteiger charge is -2.24. The first-order valence-electron chi connectivity index (χ1n) is 17.6. The van der Waals surface area contributed by atoms with Gasteiger partial charge in [-0.3, -0.25) is 4.52 Å². The number of allylic oxidation sites excluding steroid dienone is 2. The SMILES string of the molecule is CCCCCCCC/C=C\CCCCCCCCOP(=O)(O)ON(CCCCCCCC)CCCCCCCC. The van der Waals surface area contributed by atoms with Crippen molar-refractivity contribution in [1.82, 2.24) is 5.06 Å². The predicted octanol–water partition coefficient (Wildman–Crippen LogP) is 12.1. The van der Waals surface area contributed by atoms with Crippen LogP contribution in [0.2, 0.25) is 0 Å². The number of unbranched alkanes of at least 4 members (excludes halogenated alkanes) is 22. The minimum atomic E-state index is -4.05. The lowest BCUT2D eigenvalue weighted by atomic mass is 10.1. The monoisotopic (exact) mass is 588 g/mol. The van der Waals surface area contributed by atoms with E-state index in [0.29, 0.717) is 13.1 Å². The molecule has 0 rings (SSSR count). The number of rotatable bonds is 33. The Morgan fingerprint density at radius 2 is 0.875 bits per heavy atom. The highest BCUT2D eigenvalue weighted by Crippen LogP contribution is 2.44. The van der Waals surface area contributed by atoms with E-state index in [0.717, 1.165) is 44.9 Å². The molecule has 1 N–H and O–H groups in total. The first-order valence-corrected chi connectivity index (χ1v) is 19.1. The number of hydrogen-bond acceptors (Lipinski definition) is 4. The van der Waals surface area contributed by atoms with E-state index in [1.807, 2.05) is 0 Å². The van der Waals surface area contributed by atoms with Gasteiger partial charge in [-0.05, 0) is 44.9 Å². The van der Waals surface area contributed by atoms with Gasteiger partial charge in [0.2, 0.25) is 0 Å². The van der Waals surface area contributed by atoms with Crippen LogP contribution in [0.15, 0.2) is 12.2 Å². The van der Waals surface area contributed by atoms with Gasteiger partial charge < -0.3 is 4.89 Å². The van der Waals surface area contributed by atoms with Crippen LogP contribution in [0.5, 0.6) is 0 Å². The average Bonchev–Trinajstić information content (AvgIpc) is 2.93. The predicted molar refractivity (Wildman–Crippen MR) is 175 cm³/mol. The largest absolute Gasteiger partial charge is 0.489 e. The lowest BCUT2D eigenvalue weighted by molar-refractivity contribution is -0.0885. The molecule has 0 aromatic rings. The number of nitrogens with zero attached hydrogens (tertiary/aromatic N) is 1. The van der Waals surface area contributed by atoms with Crippen LogP contribution in [0.3, 0.4) is 0 Å². The first-order chi connectivity index (χ1) is 19.6. The Balaban J connectivity index is 3.94. The maximum absolute atomic E-state index is 12.6. The van der Waals surface area contributed by atoms with Crippen molar-refractivity contribution < 1.29 is 18.6 Å². The van der Waals surface area contributed by atoms with E-state index < -0.39 is 7.82 Å². The zero-order valence-electron chi connectivity index (χ0n) is 27.2. The maximum Gasteiger partial charge on any atom is 0.489 e. The van der Waals surface area contributed by atoms with Gasteiger partial charge in [0.1, 0.15) is 0 Å². The van der Waals surface area contributed by atoms with Gasteiger partial charge >= 0.3 is 7.82 Å². The Bertz CT molecular complexity index is 556. The Morgan fingerprint density at radius 3 is 1.30 bits per heavy atom. The summed E-state index contributed by atoms with van der Waals surface area (Å²) >= 11 is 0. The number of phosphoric ester groups is 1. The molecule has 0 heterocycles. The van der Waals surface area contributed by atoms with Crippen LogP contribution in [0.25, 0.3) is 0 Å². The molecule has 5 nitrogen and oxygen atoms in total. The van der Waals surface area contributed by atoms with Crippen LogP contribution in [-0.4, -0.2) is 29.7 Å². The number of hydrogen-bond donors (Lipinski definition) is 1. The molecule has 0 aromatic heterocycles. The molecule has 0 aliphatic carbocycles. The molecule has 1 unspecified atom stereocenters. The van der Waals surface area contributed by atoms with E-state index in [-0.39, 0.29) is 6.61 Å². The molecule has 0 aliphatic heterocycles. The molecule has 0 saturated carbocycles. The molecule has 1 atom stereocenters. The zero-order valence-corrected chi connectivity index (χ0v) is 28.1. The smallest absolute Gasteiger partial charge is 0.301 e. The zero-order chi connectivity index (χ0) is 29.4. The van der Waals surface area contributed by atoms with E-state index in [9.17, 15) is 9.46 Å². The second kappa shape index (κ2) is 31.7. The van der Waals surface area contributed by atoms with Gasteiger partial charge in [0.25, 0.3) is 0 Å². The van der Waals surface area contributed by atoms with Gasteiger partial charge in [-0.1, -0.05) is 155 Å². The third-order valence-electron chi connectivity index (χ3n) is 7.65. The fourth-order valence-electron chi connectivity index (χ4n) is 5.03. The summed E-state index contributed by atoms with van der Waals surface area (Å²) in [6.45, 7) is 8.41. The molecule has 0 amide bonds. The molecule has 0 bridgehead atoms. The second-order valence-electron chi connectivity index (χ2n) is 11.8. The Morgan fingerprint density at radius 1 is 0.525 bits per heavy atom. The van der Waals surface area contributed by atoms with Gasteiger partial charge in [-0.2, -0.15) is 9.69 Å². The van der Waals surface area contributed by atoms with Gasteiger partial charge in [0, 0.05) is 13.1 Å². The molecular formula is C34H70NO4P. The summed E-state index contributed by atoms with van der Waals surface area (Å²) in [4.78, 5) is 10.3. The average molecular weight is 588 g/mol. The number of phosphoric acid groups is 1. The summed E-state index contributed by atoms with van der Waals surface area (Å²) in [5.41, 5.74) is 0. The summed E-state index contributed by atoms with van der Waals surface area (Å²) in [7, 11) is -4.05. The van der Waals surface area contributed by atoms with Gasteiger partial charge in [0.15, 0.2) is 0 Å².